The molecule has 1 aromatic rings. The van der Waals surface area contributed by atoms with Crippen LogP contribution in [0.2, 0.25) is 0 Å². The number of anilines is 1. The van der Waals surface area contributed by atoms with E-state index in [0.29, 0.717) is 12.0 Å². The van der Waals surface area contributed by atoms with Gasteiger partial charge in [0.25, 0.3) is 5.91 Å². The van der Waals surface area contributed by atoms with E-state index < -0.39 is 17.9 Å². The molecular formula is C19H23N3O4. The lowest BCUT2D eigenvalue weighted by molar-refractivity contribution is -0.136. The SMILES string of the molecule is CN(C(=O)c1c(C=O)cccc1NC1CCCC1)C1CCC(=O)NC1=O. The number of carbonyl (C=O) groups excluding carboxylic acids is 4. The molecule has 3 rings (SSSR count). The lowest BCUT2D eigenvalue weighted by Gasteiger charge is -2.31. The van der Waals surface area contributed by atoms with Crippen LogP contribution in [0.4, 0.5) is 5.69 Å². The number of nitrogens with one attached hydrogen (secondary N) is 2. The van der Waals surface area contributed by atoms with Crippen molar-refractivity contribution in [1.29, 1.82) is 0 Å². The number of carbonyl (C=O) groups is 4. The smallest absolute Gasteiger partial charge is 0.257 e. The number of nitrogens with zero attached hydrogens (tertiary/aromatic N) is 1. The van der Waals surface area contributed by atoms with Gasteiger partial charge in [-0.2, -0.15) is 0 Å². The molecule has 2 fully saturated rings. The molecule has 2 aliphatic rings. The van der Waals surface area contributed by atoms with Gasteiger partial charge >= 0.3 is 0 Å². The fourth-order valence-corrected chi connectivity index (χ4v) is 3.69. The van der Waals surface area contributed by atoms with E-state index in [9.17, 15) is 19.2 Å². The van der Waals surface area contributed by atoms with Gasteiger partial charge in [-0.1, -0.05) is 25.0 Å². The number of likely N-dealkylation sites (N-methyl/N-ethyl adjacent to an activating group) is 1. The number of imide groups is 1. The minimum absolute atomic E-state index is 0.191. The Morgan fingerprint density at radius 1 is 1.23 bits per heavy atom. The lowest BCUT2D eigenvalue weighted by Crippen LogP contribution is -2.53. The first-order chi connectivity index (χ1) is 12.5. The van der Waals surface area contributed by atoms with Crippen LogP contribution in [0, 0.1) is 0 Å². The Bertz CT molecular complexity index is 740. The summed E-state index contributed by atoms with van der Waals surface area (Å²) in [6.45, 7) is 0. The van der Waals surface area contributed by atoms with Crippen LogP contribution < -0.4 is 10.6 Å². The van der Waals surface area contributed by atoms with Crippen LogP contribution in [0.1, 0.15) is 59.2 Å². The molecule has 1 aromatic carbocycles. The summed E-state index contributed by atoms with van der Waals surface area (Å²) < 4.78 is 0. The van der Waals surface area contributed by atoms with Gasteiger partial charge in [0.2, 0.25) is 11.8 Å². The van der Waals surface area contributed by atoms with Gasteiger partial charge in [-0.25, -0.2) is 0 Å². The van der Waals surface area contributed by atoms with Crippen molar-refractivity contribution in [2.45, 2.75) is 50.6 Å². The largest absolute Gasteiger partial charge is 0.382 e. The van der Waals surface area contributed by atoms with Crippen molar-refractivity contribution >= 4 is 29.7 Å². The van der Waals surface area contributed by atoms with Crippen LogP contribution in [0.3, 0.4) is 0 Å². The normalized spacial score (nSPS) is 20.6. The van der Waals surface area contributed by atoms with Gasteiger partial charge in [0.1, 0.15) is 6.04 Å². The summed E-state index contributed by atoms with van der Waals surface area (Å²) >= 11 is 0. The van der Waals surface area contributed by atoms with Gasteiger partial charge in [-0.15, -0.1) is 0 Å². The van der Waals surface area contributed by atoms with Crippen molar-refractivity contribution in [2.24, 2.45) is 0 Å². The molecule has 138 valence electrons. The highest BCUT2D eigenvalue weighted by molar-refractivity contribution is 6.08. The summed E-state index contributed by atoms with van der Waals surface area (Å²) in [5.41, 5.74) is 1.18. The summed E-state index contributed by atoms with van der Waals surface area (Å²) in [4.78, 5) is 49.4. The van der Waals surface area contributed by atoms with Crippen molar-refractivity contribution in [1.82, 2.24) is 10.2 Å². The number of benzene rings is 1. The molecule has 0 radical (unpaired) electrons. The number of amides is 3. The van der Waals surface area contributed by atoms with Gasteiger partial charge < -0.3 is 10.2 Å². The summed E-state index contributed by atoms with van der Waals surface area (Å²) in [5, 5.41) is 5.64. The quantitative estimate of drug-likeness (QED) is 0.618. The number of aldehydes is 1. The maximum atomic E-state index is 13.1. The van der Waals surface area contributed by atoms with E-state index in [-0.39, 0.29) is 35.9 Å². The third-order valence-electron chi connectivity index (χ3n) is 5.15. The number of piperidine rings is 1. The van der Waals surface area contributed by atoms with Crippen molar-refractivity contribution in [2.75, 3.05) is 12.4 Å². The molecule has 1 saturated carbocycles. The number of rotatable bonds is 5. The molecule has 1 unspecified atom stereocenters. The van der Waals surface area contributed by atoms with Crippen LogP contribution in [-0.4, -0.2) is 48.0 Å². The Morgan fingerprint density at radius 2 is 1.96 bits per heavy atom. The van der Waals surface area contributed by atoms with Crippen molar-refractivity contribution in [3.63, 3.8) is 0 Å². The van der Waals surface area contributed by atoms with Crippen LogP contribution >= 0.6 is 0 Å². The molecule has 26 heavy (non-hydrogen) atoms. The fraction of sp³-hybridized carbons (Fsp3) is 0.474. The highest BCUT2D eigenvalue weighted by atomic mass is 16.2. The van der Waals surface area contributed by atoms with Crippen LogP contribution in [-0.2, 0) is 9.59 Å². The van der Waals surface area contributed by atoms with E-state index in [1.165, 1.54) is 11.9 Å². The molecule has 1 aliphatic heterocycles. The molecule has 1 heterocycles. The molecule has 1 atom stereocenters. The Hall–Kier alpha value is -2.70. The predicted molar refractivity (Wildman–Crippen MR) is 96.0 cm³/mol. The van der Waals surface area contributed by atoms with E-state index in [2.05, 4.69) is 10.6 Å². The van der Waals surface area contributed by atoms with E-state index in [0.717, 1.165) is 25.7 Å². The molecule has 0 bridgehead atoms. The Labute approximate surface area is 152 Å². The zero-order valence-electron chi connectivity index (χ0n) is 14.8. The first-order valence-corrected chi connectivity index (χ1v) is 8.97. The Balaban J connectivity index is 1.88. The van der Waals surface area contributed by atoms with Gasteiger partial charge in [0, 0.05) is 30.8 Å². The van der Waals surface area contributed by atoms with Crippen LogP contribution in [0.25, 0.3) is 0 Å². The fourth-order valence-electron chi connectivity index (χ4n) is 3.69. The van der Waals surface area contributed by atoms with Gasteiger partial charge in [0.15, 0.2) is 6.29 Å². The first-order valence-electron chi connectivity index (χ1n) is 8.97. The third-order valence-corrected chi connectivity index (χ3v) is 5.15. The van der Waals surface area contributed by atoms with E-state index in [1.54, 1.807) is 18.2 Å². The van der Waals surface area contributed by atoms with Crippen LogP contribution in [0.15, 0.2) is 18.2 Å². The van der Waals surface area contributed by atoms with Gasteiger partial charge in [-0.05, 0) is 25.3 Å². The summed E-state index contributed by atoms with van der Waals surface area (Å²) in [6, 6.07) is 4.68. The van der Waals surface area contributed by atoms with Crippen molar-refractivity contribution < 1.29 is 19.2 Å². The highest BCUT2D eigenvalue weighted by Gasteiger charge is 2.34. The standard InChI is InChI=1S/C19H23N3O4/c1-22(15-9-10-16(24)21-18(15)25)19(26)17-12(11-23)5-4-8-14(17)20-13-6-2-3-7-13/h4-5,8,11,13,15,20H,2-3,6-7,9-10H2,1H3,(H,21,24,25). The molecule has 2 N–H and O–H groups in total. The third kappa shape index (κ3) is 3.61. The summed E-state index contributed by atoms with van der Waals surface area (Å²) in [5.74, 6) is -1.21. The summed E-state index contributed by atoms with van der Waals surface area (Å²) in [7, 11) is 1.53. The lowest BCUT2D eigenvalue weighted by atomic mass is 10.0. The molecule has 0 aromatic heterocycles. The predicted octanol–water partition coefficient (Wildman–Crippen LogP) is 1.73. The molecule has 1 aliphatic carbocycles. The average Bonchev–Trinajstić information content (AvgIpc) is 3.13. The Kier molecular flexibility index (Phi) is 5.35. The van der Waals surface area contributed by atoms with Crippen molar-refractivity contribution in [3.05, 3.63) is 29.3 Å². The summed E-state index contributed by atoms with van der Waals surface area (Å²) in [6.07, 6.45) is 5.47. The monoisotopic (exact) mass is 357 g/mol. The van der Waals surface area contributed by atoms with Gasteiger partial charge in [0.05, 0.1) is 5.56 Å². The van der Waals surface area contributed by atoms with Crippen molar-refractivity contribution in [3.8, 4) is 0 Å². The number of hydrogen-bond donors (Lipinski definition) is 2. The zero-order valence-corrected chi connectivity index (χ0v) is 14.8. The minimum Gasteiger partial charge on any atom is -0.382 e. The zero-order chi connectivity index (χ0) is 18.7. The maximum Gasteiger partial charge on any atom is 0.257 e. The Morgan fingerprint density at radius 3 is 2.62 bits per heavy atom. The topological polar surface area (TPSA) is 95.6 Å². The first kappa shape index (κ1) is 18.1. The van der Waals surface area contributed by atoms with E-state index in [1.807, 2.05) is 0 Å². The van der Waals surface area contributed by atoms with Crippen LogP contribution in [0.5, 0.6) is 0 Å². The molecule has 0 spiro atoms. The van der Waals surface area contributed by atoms with Gasteiger partial charge in [-0.3, -0.25) is 24.5 Å². The van der Waals surface area contributed by atoms with E-state index >= 15 is 0 Å². The molecule has 3 amide bonds. The highest BCUT2D eigenvalue weighted by Crippen LogP contribution is 2.27. The average molecular weight is 357 g/mol. The second kappa shape index (κ2) is 7.68. The molecule has 1 saturated heterocycles. The molecule has 7 nitrogen and oxygen atoms in total. The number of hydrogen-bond acceptors (Lipinski definition) is 5. The molecular weight excluding hydrogens is 334 g/mol. The molecule has 7 heteroatoms. The minimum atomic E-state index is -0.723. The second-order valence-corrected chi connectivity index (χ2v) is 6.90. The van der Waals surface area contributed by atoms with E-state index in [4.69, 9.17) is 0 Å². The second-order valence-electron chi connectivity index (χ2n) is 6.90. The maximum absolute atomic E-state index is 13.1.